The van der Waals surface area contributed by atoms with Crippen molar-refractivity contribution in [2.75, 3.05) is 12.4 Å². The van der Waals surface area contributed by atoms with E-state index in [-0.39, 0.29) is 5.56 Å². The average molecular weight is 256 g/mol. The molecule has 0 radical (unpaired) electrons. The predicted octanol–water partition coefficient (Wildman–Crippen LogP) is 2.81. The van der Waals surface area contributed by atoms with E-state index in [1.807, 2.05) is 19.9 Å². The molecule has 0 atom stereocenters. The molecular weight excluding hydrogens is 243 g/mol. The summed E-state index contributed by atoms with van der Waals surface area (Å²) in [5.41, 5.74) is 2.93. The molecule has 0 saturated heterocycles. The van der Waals surface area contributed by atoms with Crippen LogP contribution in [0.15, 0.2) is 18.2 Å². The van der Waals surface area contributed by atoms with Gasteiger partial charge in [0.05, 0.1) is 23.0 Å². The lowest BCUT2D eigenvalue weighted by atomic mass is 10.1. The minimum absolute atomic E-state index is 0.261. The molecular formula is C14H13FN4. The van der Waals surface area contributed by atoms with Crippen molar-refractivity contribution >= 4 is 5.82 Å². The summed E-state index contributed by atoms with van der Waals surface area (Å²) in [5, 5.41) is 11.8. The van der Waals surface area contributed by atoms with E-state index in [4.69, 9.17) is 5.26 Å². The Bertz CT molecular complexity index is 674. The Morgan fingerprint density at radius 3 is 2.47 bits per heavy atom. The molecule has 2 rings (SSSR count). The number of rotatable bonds is 2. The molecule has 1 heterocycles. The van der Waals surface area contributed by atoms with Crippen molar-refractivity contribution < 1.29 is 4.39 Å². The number of hydrogen-bond acceptors (Lipinski definition) is 4. The molecule has 96 valence electrons. The highest BCUT2D eigenvalue weighted by atomic mass is 19.1. The fraction of sp³-hybridized carbons (Fsp3) is 0.214. The minimum atomic E-state index is -0.462. The summed E-state index contributed by atoms with van der Waals surface area (Å²) in [7, 11) is 1.73. The van der Waals surface area contributed by atoms with E-state index in [0.717, 1.165) is 11.4 Å². The molecule has 0 unspecified atom stereocenters. The molecule has 1 aromatic carbocycles. The Morgan fingerprint density at radius 1 is 1.16 bits per heavy atom. The van der Waals surface area contributed by atoms with Crippen molar-refractivity contribution in [1.82, 2.24) is 9.97 Å². The van der Waals surface area contributed by atoms with Gasteiger partial charge >= 0.3 is 0 Å². The molecule has 4 nitrogen and oxygen atoms in total. The van der Waals surface area contributed by atoms with Gasteiger partial charge in [0, 0.05) is 12.6 Å². The predicted molar refractivity (Wildman–Crippen MR) is 71.2 cm³/mol. The number of halogens is 1. The summed E-state index contributed by atoms with van der Waals surface area (Å²) in [6, 6.07) is 6.07. The summed E-state index contributed by atoms with van der Waals surface area (Å²) in [4.78, 5) is 8.80. The first kappa shape index (κ1) is 13.0. The molecule has 1 N–H and O–H groups in total. The van der Waals surface area contributed by atoms with Crippen molar-refractivity contribution in [2.24, 2.45) is 0 Å². The lowest BCUT2D eigenvalue weighted by molar-refractivity contribution is 0.628. The number of benzene rings is 1. The Hall–Kier alpha value is -2.48. The highest BCUT2D eigenvalue weighted by molar-refractivity contribution is 5.72. The molecule has 0 saturated carbocycles. The van der Waals surface area contributed by atoms with E-state index in [1.54, 1.807) is 13.1 Å². The smallest absolute Gasteiger partial charge is 0.152 e. The Labute approximate surface area is 110 Å². The largest absolute Gasteiger partial charge is 0.371 e. The van der Waals surface area contributed by atoms with E-state index >= 15 is 0 Å². The summed E-state index contributed by atoms with van der Waals surface area (Å²) >= 11 is 0. The molecule has 19 heavy (non-hydrogen) atoms. The highest BCUT2D eigenvalue weighted by Crippen LogP contribution is 2.26. The van der Waals surface area contributed by atoms with Gasteiger partial charge in [-0.1, -0.05) is 0 Å². The fourth-order valence-corrected chi connectivity index (χ4v) is 1.77. The normalized spacial score (nSPS) is 10.1. The van der Waals surface area contributed by atoms with Gasteiger partial charge in [-0.15, -0.1) is 0 Å². The van der Waals surface area contributed by atoms with Gasteiger partial charge in [0.2, 0.25) is 0 Å². The van der Waals surface area contributed by atoms with Gasteiger partial charge in [0.25, 0.3) is 0 Å². The molecule has 1 aromatic heterocycles. The molecule has 2 aromatic rings. The zero-order chi connectivity index (χ0) is 14.0. The zero-order valence-corrected chi connectivity index (χ0v) is 11.0. The monoisotopic (exact) mass is 256 g/mol. The molecule has 0 amide bonds. The number of aryl methyl sites for hydroxylation is 2. The third kappa shape index (κ3) is 2.52. The molecule has 5 heteroatoms. The highest BCUT2D eigenvalue weighted by Gasteiger charge is 2.12. The van der Waals surface area contributed by atoms with Crippen LogP contribution >= 0.6 is 0 Å². The van der Waals surface area contributed by atoms with Crippen LogP contribution in [0.25, 0.3) is 11.3 Å². The Morgan fingerprint density at radius 2 is 1.84 bits per heavy atom. The van der Waals surface area contributed by atoms with Gasteiger partial charge in [-0.2, -0.15) is 5.26 Å². The third-order valence-electron chi connectivity index (χ3n) is 2.84. The first-order valence-corrected chi connectivity index (χ1v) is 5.79. The fourth-order valence-electron chi connectivity index (χ4n) is 1.77. The number of nitrogens with zero attached hydrogens (tertiary/aromatic N) is 3. The van der Waals surface area contributed by atoms with Crippen LogP contribution < -0.4 is 5.32 Å². The lowest BCUT2D eigenvalue weighted by Gasteiger charge is -2.10. The molecule has 0 spiro atoms. The van der Waals surface area contributed by atoms with E-state index in [2.05, 4.69) is 15.3 Å². The summed E-state index contributed by atoms with van der Waals surface area (Å²) in [6.45, 7) is 3.70. The lowest BCUT2D eigenvalue weighted by Crippen LogP contribution is -2.03. The summed E-state index contributed by atoms with van der Waals surface area (Å²) < 4.78 is 13.5. The maximum absolute atomic E-state index is 13.5. The average Bonchev–Trinajstić information content (AvgIpc) is 2.40. The van der Waals surface area contributed by atoms with Gasteiger partial charge < -0.3 is 5.32 Å². The van der Waals surface area contributed by atoms with Crippen LogP contribution in [0.4, 0.5) is 10.2 Å². The van der Waals surface area contributed by atoms with Gasteiger partial charge in [-0.05, 0) is 32.0 Å². The molecule has 0 aliphatic heterocycles. The van der Waals surface area contributed by atoms with Crippen LogP contribution in [-0.4, -0.2) is 17.0 Å². The second-order valence-corrected chi connectivity index (χ2v) is 4.18. The van der Waals surface area contributed by atoms with E-state index in [9.17, 15) is 4.39 Å². The Balaban J connectivity index is 2.68. The van der Waals surface area contributed by atoms with Crippen LogP contribution in [-0.2, 0) is 0 Å². The van der Waals surface area contributed by atoms with Crippen LogP contribution in [0.3, 0.4) is 0 Å². The number of nitrogens with one attached hydrogen (secondary N) is 1. The molecule has 0 aliphatic rings. The number of hydrogen-bond donors (Lipinski definition) is 1. The summed E-state index contributed by atoms with van der Waals surface area (Å²) in [6.07, 6.45) is 0. The topological polar surface area (TPSA) is 61.6 Å². The van der Waals surface area contributed by atoms with Crippen molar-refractivity contribution in [3.8, 4) is 17.3 Å². The second-order valence-electron chi connectivity index (χ2n) is 4.18. The maximum atomic E-state index is 13.5. The van der Waals surface area contributed by atoms with Gasteiger partial charge in [0.15, 0.2) is 5.82 Å². The standard InChI is InChI=1S/C14H13FN4/c1-8-9(2)19-14(17-3)13(18-8)11-4-10(7-16)5-12(15)6-11/h4-6H,1-3H3,(H,17,19). The van der Waals surface area contributed by atoms with Crippen LogP contribution in [0.1, 0.15) is 17.0 Å². The van der Waals surface area contributed by atoms with Crippen LogP contribution in [0.2, 0.25) is 0 Å². The summed E-state index contributed by atoms with van der Waals surface area (Å²) in [5.74, 6) is 0.105. The zero-order valence-electron chi connectivity index (χ0n) is 11.0. The van der Waals surface area contributed by atoms with Crippen LogP contribution in [0, 0.1) is 31.0 Å². The quantitative estimate of drug-likeness (QED) is 0.897. The minimum Gasteiger partial charge on any atom is -0.371 e. The van der Waals surface area contributed by atoms with Crippen molar-refractivity contribution in [3.05, 3.63) is 41.0 Å². The molecule has 0 bridgehead atoms. The number of aromatic nitrogens is 2. The van der Waals surface area contributed by atoms with Gasteiger partial charge in [-0.3, -0.25) is 0 Å². The van der Waals surface area contributed by atoms with E-state index in [1.165, 1.54) is 12.1 Å². The number of nitriles is 1. The molecule has 0 fully saturated rings. The first-order valence-electron chi connectivity index (χ1n) is 5.79. The van der Waals surface area contributed by atoms with Crippen molar-refractivity contribution in [2.45, 2.75) is 13.8 Å². The van der Waals surface area contributed by atoms with Gasteiger partial charge in [-0.25, -0.2) is 14.4 Å². The maximum Gasteiger partial charge on any atom is 0.152 e. The number of anilines is 1. The third-order valence-corrected chi connectivity index (χ3v) is 2.84. The van der Waals surface area contributed by atoms with Crippen LogP contribution in [0.5, 0.6) is 0 Å². The van der Waals surface area contributed by atoms with Crippen molar-refractivity contribution in [1.29, 1.82) is 5.26 Å². The first-order chi connectivity index (χ1) is 9.05. The van der Waals surface area contributed by atoms with E-state index < -0.39 is 5.82 Å². The van der Waals surface area contributed by atoms with E-state index in [0.29, 0.717) is 17.1 Å². The SMILES string of the molecule is CNc1nc(C)c(C)nc1-c1cc(F)cc(C#N)c1. The Kier molecular flexibility index (Phi) is 3.43. The van der Waals surface area contributed by atoms with Gasteiger partial charge in [0.1, 0.15) is 11.5 Å². The second kappa shape index (κ2) is 5.02. The molecule has 0 aliphatic carbocycles. The van der Waals surface area contributed by atoms with Crippen molar-refractivity contribution in [3.63, 3.8) is 0 Å².